The molecule has 0 fully saturated rings. The van der Waals surface area contributed by atoms with Gasteiger partial charge in [-0.25, -0.2) is 13.2 Å². The van der Waals surface area contributed by atoms with E-state index < -0.39 is 17.5 Å². The fraction of sp³-hybridized carbons (Fsp3) is 0.381. The van der Waals surface area contributed by atoms with Crippen LogP contribution in [0.3, 0.4) is 0 Å². The first kappa shape index (κ1) is 18.5. The minimum atomic E-state index is -0.771. The number of anilines is 1. The Hall–Kier alpha value is -2.30. The van der Waals surface area contributed by atoms with Crippen molar-refractivity contribution in [1.82, 2.24) is 0 Å². The minimum Gasteiger partial charge on any atom is -0.366 e. The van der Waals surface area contributed by atoms with Crippen molar-refractivity contribution in [3.8, 4) is 0 Å². The Bertz CT molecular complexity index is 859. The van der Waals surface area contributed by atoms with Crippen LogP contribution in [0.5, 0.6) is 0 Å². The van der Waals surface area contributed by atoms with Crippen LogP contribution in [0.1, 0.15) is 51.2 Å². The molecule has 2 aromatic rings. The molecule has 0 aliphatic carbocycles. The molecule has 0 amide bonds. The normalized spacial score (nSPS) is 19.0. The van der Waals surface area contributed by atoms with Crippen molar-refractivity contribution in [2.45, 2.75) is 45.6 Å². The molecule has 0 saturated heterocycles. The third kappa shape index (κ3) is 3.35. The van der Waals surface area contributed by atoms with E-state index in [1.54, 1.807) is 12.1 Å². The molecule has 1 aliphatic rings. The zero-order valence-electron chi connectivity index (χ0n) is 15.5. The number of hydrogen-bond acceptors (Lipinski definition) is 2. The molecule has 5 heteroatoms. The number of hydrogen-bond donors (Lipinski definition) is 0. The SMILES string of the molecule is CCN1c2cc(F)c(C=Nc3ccc(F)cc3F)cc2C(C)CC1(C)C. The molecule has 1 atom stereocenters. The molecular weight excluding hydrogens is 337 g/mol. The molecule has 1 heterocycles. The molecule has 0 aromatic heterocycles. The Morgan fingerprint density at radius 2 is 1.88 bits per heavy atom. The second kappa shape index (κ2) is 6.78. The van der Waals surface area contributed by atoms with Gasteiger partial charge in [-0.05, 0) is 62.9 Å². The number of aliphatic imine (C=N–C) groups is 1. The first-order valence-electron chi connectivity index (χ1n) is 8.83. The zero-order chi connectivity index (χ0) is 19.1. The summed E-state index contributed by atoms with van der Waals surface area (Å²) >= 11 is 0. The lowest BCUT2D eigenvalue weighted by Crippen LogP contribution is -2.48. The third-order valence-corrected chi connectivity index (χ3v) is 5.07. The highest BCUT2D eigenvalue weighted by molar-refractivity contribution is 5.84. The van der Waals surface area contributed by atoms with Gasteiger partial charge in [-0.15, -0.1) is 0 Å². The van der Waals surface area contributed by atoms with E-state index in [2.05, 4.69) is 37.6 Å². The molecule has 3 rings (SSSR count). The van der Waals surface area contributed by atoms with Crippen molar-refractivity contribution in [3.63, 3.8) is 0 Å². The van der Waals surface area contributed by atoms with Crippen LogP contribution < -0.4 is 4.90 Å². The number of rotatable bonds is 3. The van der Waals surface area contributed by atoms with Crippen LogP contribution in [0.4, 0.5) is 24.5 Å². The maximum absolute atomic E-state index is 14.7. The van der Waals surface area contributed by atoms with E-state index in [1.807, 2.05) is 0 Å². The van der Waals surface area contributed by atoms with E-state index in [4.69, 9.17) is 0 Å². The summed E-state index contributed by atoms with van der Waals surface area (Å²) in [5.41, 5.74) is 2.20. The minimum absolute atomic E-state index is 0.0205. The fourth-order valence-electron chi connectivity index (χ4n) is 3.94. The Morgan fingerprint density at radius 3 is 2.54 bits per heavy atom. The van der Waals surface area contributed by atoms with Crippen LogP contribution in [0.2, 0.25) is 0 Å². The van der Waals surface area contributed by atoms with E-state index in [0.717, 1.165) is 36.3 Å². The van der Waals surface area contributed by atoms with E-state index in [1.165, 1.54) is 12.3 Å². The van der Waals surface area contributed by atoms with Gasteiger partial charge in [0.1, 0.15) is 11.6 Å². The quantitative estimate of drug-likeness (QED) is 0.616. The van der Waals surface area contributed by atoms with Crippen LogP contribution in [-0.2, 0) is 0 Å². The van der Waals surface area contributed by atoms with Crippen molar-refractivity contribution in [1.29, 1.82) is 0 Å². The van der Waals surface area contributed by atoms with Gasteiger partial charge in [0.25, 0.3) is 0 Å². The molecule has 1 aliphatic heterocycles. The van der Waals surface area contributed by atoms with E-state index >= 15 is 0 Å². The average Bonchev–Trinajstić information content (AvgIpc) is 2.54. The molecule has 0 saturated carbocycles. The summed E-state index contributed by atoms with van der Waals surface area (Å²) < 4.78 is 41.4. The molecule has 0 radical (unpaired) electrons. The van der Waals surface area contributed by atoms with Gasteiger partial charge in [0, 0.05) is 35.6 Å². The maximum atomic E-state index is 14.7. The second-order valence-corrected chi connectivity index (χ2v) is 7.45. The predicted molar refractivity (Wildman–Crippen MR) is 100 cm³/mol. The van der Waals surface area contributed by atoms with Crippen LogP contribution in [-0.4, -0.2) is 18.3 Å². The Kier molecular flexibility index (Phi) is 4.82. The zero-order valence-corrected chi connectivity index (χ0v) is 15.5. The topological polar surface area (TPSA) is 15.6 Å². The molecule has 138 valence electrons. The molecule has 1 unspecified atom stereocenters. The van der Waals surface area contributed by atoms with Crippen LogP contribution in [0.25, 0.3) is 0 Å². The van der Waals surface area contributed by atoms with Gasteiger partial charge in [0.05, 0.1) is 5.69 Å². The monoisotopic (exact) mass is 360 g/mol. The van der Waals surface area contributed by atoms with Crippen molar-refractivity contribution in [2.75, 3.05) is 11.4 Å². The van der Waals surface area contributed by atoms with Gasteiger partial charge in [0.15, 0.2) is 5.82 Å². The smallest absolute Gasteiger partial charge is 0.151 e. The maximum Gasteiger partial charge on any atom is 0.151 e. The summed E-state index contributed by atoms with van der Waals surface area (Å²) in [5, 5.41) is 0. The van der Waals surface area contributed by atoms with Crippen LogP contribution in [0.15, 0.2) is 35.3 Å². The van der Waals surface area contributed by atoms with E-state index in [9.17, 15) is 13.2 Å². The lowest BCUT2D eigenvalue weighted by Gasteiger charge is -2.47. The van der Waals surface area contributed by atoms with Crippen molar-refractivity contribution in [2.24, 2.45) is 4.99 Å². The van der Waals surface area contributed by atoms with Gasteiger partial charge in [-0.3, -0.25) is 4.99 Å². The van der Waals surface area contributed by atoms with Gasteiger partial charge < -0.3 is 4.90 Å². The summed E-state index contributed by atoms with van der Waals surface area (Å²) in [6.07, 6.45) is 2.26. The molecule has 2 nitrogen and oxygen atoms in total. The van der Waals surface area contributed by atoms with Gasteiger partial charge >= 0.3 is 0 Å². The summed E-state index contributed by atoms with van der Waals surface area (Å²) in [4.78, 5) is 6.21. The Balaban J connectivity index is 2.01. The summed E-state index contributed by atoms with van der Waals surface area (Å²) in [5.74, 6) is -1.57. The second-order valence-electron chi connectivity index (χ2n) is 7.45. The molecule has 0 spiro atoms. The predicted octanol–water partition coefficient (Wildman–Crippen LogP) is 5.97. The van der Waals surface area contributed by atoms with Crippen molar-refractivity contribution >= 4 is 17.6 Å². The summed E-state index contributed by atoms with van der Waals surface area (Å²) in [7, 11) is 0. The van der Waals surface area contributed by atoms with E-state index in [0.29, 0.717) is 5.56 Å². The highest BCUT2D eigenvalue weighted by Crippen LogP contribution is 2.43. The fourth-order valence-corrected chi connectivity index (χ4v) is 3.94. The molecule has 2 aromatic carbocycles. The van der Waals surface area contributed by atoms with Crippen molar-refractivity contribution < 1.29 is 13.2 Å². The standard InChI is InChI=1S/C21H23F3N2/c1-5-26-20-10-17(23)14(8-16(20)13(2)11-21(26,3)4)12-25-19-7-6-15(22)9-18(19)24/h6-10,12-13H,5,11H2,1-4H3. The largest absolute Gasteiger partial charge is 0.366 e. The van der Waals surface area contributed by atoms with Gasteiger partial charge in [0.2, 0.25) is 0 Å². The highest BCUT2D eigenvalue weighted by Gasteiger charge is 2.36. The lowest BCUT2D eigenvalue weighted by atomic mass is 9.79. The summed E-state index contributed by atoms with van der Waals surface area (Å²) in [6, 6.07) is 6.46. The van der Waals surface area contributed by atoms with Crippen LogP contribution >= 0.6 is 0 Å². The highest BCUT2D eigenvalue weighted by atomic mass is 19.1. The first-order chi connectivity index (χ1) is 12.2. The number of halogens is 3. The Morgan fingerprint density at radius 1 is 1.15 bits per heavy atom. The third-order valence-electron chi connectivity index (χ3n) is 5.07. The summed E-state index contributed by atoms with van der Waals surface area (Å²) in [6.45, 7) is 9.32. The van der Waals surface area contributed by atoms with Gasteiger partial charge in [-0.1, -0.05) is 6.92 Å². The first-order valence-corrected chi connectivity index (χ1v) is 8.83. The lowest BCUT2D eigenvalue weighted by molar-refractivity contribution is 0.380. The van der Waals surface area contributed by atoms with Gasteiger partial charge in [-0.2, -0.15) is 0 Å². The number of nitrogens with zero attached hydrogens (tertiary/aromatic N) is 2. The Labute approximate surface area is 152 Å². The molecule has 0 N–H and O–H groups in total. The molecule has 26 heavy (non-hydrogen) atoms. The molecule has 0 bridgehead atoms. The van der Waals surface area contributed by atoms with Crippen LogP contribution in [0, 0.1) is 17.5 Å². The average molecular weight is 360 g/mol. The number of benzene rings is 2. The molecular formula is C21H23F3N2. The number of fused-ring (bicyclic) bond motifs is 1. The van der Waals surface area contributed by atoms with E-state index in [-0.39, 0.29) is 17.1 Å². The van der Waals surface area contributed by atoms with Crippen molar-refractivity contribution in [3.05, 3.63) is 58.9 Å².